The van der Waals surface area contributed by atoms with E-state index < -0.39 is 4.92 Å². The Labute approximate surface area is 91.2 Å². The van der Waals surface area contributed by atoms with Crippen LogP contribution in [-0.2, 0) is 18.4 Å². The maximum absolute atomic E-state index is 10.7. The van der Waals surface area contributed by atoms with E-state index in [2.05, 4.69) is 4.98 Å². The van der Waals surface area contributed by atoms with Crippen LogP contribution in [0, 0.1) is 10.1 Å². The normalized spacial score (nSPS) is 10.9. The molecule has 1 N–H and O–H groups in total. The number of carbonyl (C=O) groups is 1. The van der Waals surface area contributed by atoms with Crippen LogP contribution in [0.2, 0.25) is 0 Å². The molecule has 16 heavy (non-hydrogen) atoms. The lowest BCUT2D eigenvalue weighted by Gasteiger charge is -1.95. The van der Waals surface area contributed by atoms with Crippen molar-refractivity contribution in [2.24, 2.45) is 7.05 Å². The Morgan fingerprint density at radius 3 is 2.75 bits per heavy atom. The van der Waals surface area contributed by atoms with Crippen molar-refractivity contribution in [3.05, 3.63) is 27.6 Å². The number of aliphatic hydroxyl groups is 1. The summed E-state index contributed by atoms with van der Waals surface area (Å²) < 4.78 is 1.18. The van der Waals surface area contributed by atoms with Gasteiger partial charge in [-0.15, -0.1) is 0 Å². The van der Waals surface area contributed by atoms with Gasteiger partial charge in [-0.3, -0.25) is 4.79 Å². The number of aromatic nitrogens is 2. The smallest absolute Gasteiger partial charge is 0.390 e. The summed E-state index contributed by atoms with van der Waals surface area (Å²) in [5.74, 6) is -0.565. The van der Waals surface area contributed by atoms with E-state index in [-0.39, 0.29) is 24.0 Å². The Hall–Kier alpha value is -2.02. The highest BCUT2D eigenvalue weighted by molar-refractivity contribution is 5.91. The summed E-state index contributed by atoms with van der Waals surface area (Å²) in [6, 6.07) is 0. The molecule has 1 heterocycles. The zero-order chi connectivity index (χ0) is 12.3. The molecule has 0 saturated carbocycles. The van der Waals surface area contributed by atoms with Crippen LogP contribution in [0.15, 0.2) is 6.08 Å². The van der Waals surface area contributed by atoms with Gasteiger partial charge >= 0.3 is 5.95 Å². The van der Waals surface area contributed by atoms with E-state index in [0.29, 0.717) is 5.69 Å². The van der Waals surface area contributed by atoms with Crippen molar-refractivity contribution in [1.82, 2.24) is 9.55 Å². The SMILES string of the molecule is CC(=O)/C=C/c1nc([N+](=O)[O-])n(C)c1CO. The van der Waals surface area contributed by atoms with E-state index >= 15 is 0 Å². The zero-order valence-corrected chi connectivity index (χ0v) is 8.88. The molecule has 0 atom stereocenters. The Morgan fingerprint density at radius 1 is 1.69 bits per heavy atom. The van der Waals surface area contributed by atoms with Gasteiger partial charge in [0.25, 0.3) is 0 Å². The van der Waals surface area contributed by atoms with Gasteiger partial charge in [0.05, 0.1) is 7.05 Å². The van der Waals surface area contributed by atoms with Crippen LogP contribution in [0.25, 0.3) is 6.08 Å². The van der Waals surface area contributed by atoms with Crippen LogP contribution < -0.4 is 0 Å². The first-order valence-corrected chi connectivity index (χ1v) is 4.46. The minimum atomic E-state index is -0.649. The largest absolute Gasteiger partial charge is 0.435 e. The fourth-order valence-corrected chi connectivity index (χ4v) is 1.22. The summed E-state index contributed by atoms with van der Waals surface area (Å²) in [6.45, 7) is 0.974. The molecule has 0 fully saturated rings. The van der Waals surface area contributed by atoms with Gasteiger partial charge < -0.3 is 15.2 Å². The monoisotopic (exact) mass is 225 g/mol. The maximum Gasteiger partial charge on any atom is 0.435 e. The molecule has 0 aliphatic heterocycles. The Kier molecular flexibility index (Phi) is 3.51. The average Bonchev–Trinajstić information content (AvgIpc) is 2.51. The Balaban J connectivity index is 3.23. The van der Waals surface area contributed by atoms with Crippen LogP contribution in [0.1, 0.15) is 18.3 Å². The Morgan fingerprint density at radius 2 is 2.31 bits per heavy atom. The molecule has 7 heteroatoms. The molecule has 1 rings (SSSR count). The van der Waals surface area contributed by atoms with Gasteiger partial charge in [-0.05, 0) is 24.0 Å². The second kappa shape index (κ2) is 4.67. The summed E-state index contributed by atoms with van der Waals surface area (Å²) in [4.78, 5) is 24.4. The zero-order valence-electron chi connectivity index (χ0n) is 8.88. The summed E-state index contributed by atoms with van der Waals surface area (Å²) in [7, 11) is 1.43. The maximum atomic E-state index is 10.7. The fraction of sp³-hybridized carbons (Fsp3) is 0.333. The van der Waals surface area contributed by atoms with Crippen molar-refractivity contribution in [3.8, 4) is 0 Å². The molecule has 0 bridgehead atoms. The van der Waals surface area contributed by atoms with Gasteiger partial charge in [-0.2, -0.15) is 0 Å². The van der Waals surface area contributed by atoms with Crippen LogP contribution in [0.3, 0.4) is 0 Å². The summed E-state index contributed by atoms with van der Waals surface area (Å²) in [5, 5.41) is 19.6. The first-order valence-electron chi connectivity index (χ1n) is 4.46. The molecular weight excluding hydrogens is 214 g/mol. The molecule has 0 amide bonds. The minimum Gasteiger partial charge on any atom is -0.390 e. The highest BCUT2D eigenvalue weighted by Crippen LogP contribution is 2.17. The van der Waals surface area contributed by atoms with Gasteiger partial charge in [0.1, 0.15) is 12.3 Å². The van der Waals surface area contributed by atoms with E-state index in [4.69, 9.17) is 5.11 Å². The third-order valence-electron chi connectivity index (χ3n) is 2.01. The lowest BCUT2D eigenvalue weighted by atomic mass is 10.3. The van der Waals surface area contributed by atoms with Crippen molar-refractivity contribution in [2.45, 2.75) is 13.5 Å². The van der Waals surface area contributed by atoms with Gasteiger partial charge in [0.2, 0.25) is 0 Å². The fourth-order valence-electron chi connectivity index (χ4n) is 1.22. The molecular formula is C9H11N3O4. The molecule has 1 aromatic rings. The van der Waals surface area contributed by atoms with E-state index in [1.54, 1.807) is 0 Å². The number of imidazole rings is 1. The molecule has 0 unspecified atom stereocenters. The number of allylic oxidation sites excluding steroid dienone is 1. The van der Waals surface area contributed by atoms with Crippen molar-refractivity contribution < 1.29 is 14.8 Å². The number of hydrogen-bond donors (Lipinski definition) is 1. The first kappa shape index (κ1) is 12.1. The third kappa shape index (κ3) is 2.31. The molecule has 0 aromatic carbocycles. The summed E-state index contributed by atoms with van der Waals surface area (Å²) >= 11 is 0. The first-order chi connectivity index (χ1) is 7.47. The molecule has 0 spiro atoms. The number of ketones is 1. The molecule has 0 aliphatic carbocycles. The van der Waals surface area contributed by atoms with Gasteiger partial charge in [-0.25, -0.2) is 4.57 Å². The summed E-state index contributed by atoms with van der Waals surface area (Å²) in [6.07, 6.45) is 2.59. The highest BCUT2D eigenvalue weighted by atomic mass is 16.6. The molecule has 1 aromatic heterocycles. The molecule has 0 radical (unpaired) electrons. The number of nitro groups is 1. The predicted molar refractivity (Wildman–Crippen MR) is 55.5 cm³/mol. The van der Waals surface area contributed by atoms with Crippen molar-refractivity contribution in [3.63, 3.8) is 0 Å². The third-order valence-corrected chi connectivity index (χ3v) is 2.01. The summed E-state index contributed by atoms with van der Waals surface area (Å²) in [5.41, 5.74) is 0.524. The van der Waals surface area contributed by atoms with Crippen LogP contribution in [0.5, 0.6) is 0 Å². The average molecular weight is 225 g/mol. The number of aliphatic hydroxyl groups excluding tert-OH is 1. The molecule has 0 saturated heterocycles. The number of hydrogen-bond acceptors (Lipinski definition) is 5. The second-order valence-electron chi connectivity index (χ2n) is 3.16. The van der Waals surface area contributed by atoms with E-state index in [0.717, 1.165) is 0 Å². The van der Waals surface area contributed by atoms with E-state index in [1.165, 1.54) is 30.7 Å². The molecule has 0 aliphatic rings. The van der Waals surface area contributed by atoms with Crippen molar-refractivity contribution >= 4 is 17.8 Å². The van der Waals surface area contributed by atoms with E-state index in [9.17, 15) is 14.9 Å². The predicted octanol–water partition coefficient (Wildman–Crippen LogP) is 0.423. The van der Waals surface area contributed by atoms with Crippen molar-refractivity contribution in [2.75, 3.05) is 0 Å². The van der Waals surface area contributed by atoms with Crippen molar-refractivity contribution in [1.29, 1.82) is 0 Å². The second-order valence-corrected chi connectivity index (χ2v) is 3.16. The molecule has 7 nitrogen and oxygen atoms in total. The minimum absolute atomic E-state index is 0.197. The number of carbonyl (C=O) groups excluding carboxylic acids is 1. The van der Waals surface area contributed by atoms with Gasteiger partial charge in [0.15, 0.2) is 11.5 Å². The van der Waals surface area contributed by atoms with E-state index in [1.807, 2.05) is 0 Å². The standard InChI is InChI=1S/C9H11N3O4/c1-6(14)3-4-7-8(5-13)11(2)9(10-7)12(15)16/h3-4,13H,5H2,1-2H3/b4-3+. The number of rotatable bonds is 4. The van der Waals surface area contributed by atoms with Crippen LogP contribution in [0.4, 0.5) is 5.95 Å². The lowest BCUT2D eigenvalue weighted by Crippen LogP contribution is -2.01. The Bertz CT molecular complexity index is 462. The lowest BCUT2D eigenvalue weighted by molar-refractivity contribution is -0.396. The highest BCUT2D eigenvalue weighted by Gasteiger charge is 2.22. The van der Waals surface area contributed by atoms with Crippen LogP contribution in [-0.4, -0.2) is 25.4 Å². The quantitative estimate of drug-likeness (QED) is 0.455. The van der Waals surface area contributed by atoms with Gasteiger partial charge in [0, 0.05) is 0 Å². The number of nitrogens with zero attached hydrogens (tertiary/aromatic N) is 3. The topological polar surface area (TPSA) is 98.3 Å². The molecule has 86 valence electrons. The van der Waals surface area contributed by atoms with Gasteiger partial charge in [-0.1, -0.05) is 4.98 Å². The van der Waals surface area contributed by atoms with Crippen LogP contribution >= 0.6 is 0 Å².